The van der Waals surface area contributed by atoms with E-state index >= 15 is 0 Å². The Bertz CT molecular complexity index is 334. The highest BCUT2D eigenvalue weighted by Crippen LogP contribution is 2.57. The Labute approximate surface area is 124 Å². The second-order valence-electron chi connectivity index (χ2n) is 5.33. The van der Waals surface area contributed by atoms with Gasteiger partial charge in [-0.3, -0.25) is 30.7 Å². The van der Waals surface area contributed by atoms with Crippen LogP contribution in [0.2, 0.25) is 0 Å². The molecule has 0 aliphatic rings. The zero-order chi connectivity index (χ0) is 17.4. The minimum atomic E-state index is -3.03. The van der Waals surface area contributed by atoms with Crippen molar-refractivity contribution >= 4 is 0 Å². The maximum atomic E-state index is 13.6. The van der Waals surface area contributed by atoms with E-state index in [0.717, 1.165) is 13.0 Å². The van der Waals surface area contributed by atoms with Crippen LogP contribution in [0.25, 0.3) is 0 Å². The molecular formula is C14H20F8. The lowest BCUT2D eigenvalue weighted by Gasteiger charge is -2.54. The lowest BCUT2D eigenvalue weighted by molar-refractivity contribution is -0.147. The molecule has 0 unspecified atom stereocenters. The molecular weight excluding hydrogens is 320 g/mol. The van der Waals surface area contributed by atoms with Gasteiger partial charge in [0.25, 0.3) is 0 Å². The number of alkyl halides is 8. The average Bonchev–Trinajstić information content (AvgIpc) is 2.58. The Balaban J connectivity index is 6.62. The van der Waals surface area contributed by atoms with E-state index in [1.165, 1.54) is 0 Å². The van der Waals surface area contributed by atoms with Crippen LogP contribution in [0.15, 0.2) is 11.6 Å². The van der Waals surface area contributed by atoms with Gasteiger partial charge in [-0.15, -0.1) is 0 Å². The van der Waals surface area contributed by atoms with Crippen molar-refractivity contribution in [1.82, 2.24) is 0 Å². The van der Waals surface area contributed by atoms with Crippen molar-refractivity contribution in [3.8, 4) is 0 Å². The van der Waals surface area contributed by atoms with E-state index in [0.29, 0.717) is 0 Å². The monoisotopic (exact) mass is 340 g/mol. The molecule has 0 aromatic heterocycles. The maximum absolute atomic E-state index is 13.6. The van der Waals surface area contributed by atoms with Gasteiger partial charge >= 0.3 is 0 Å². The molecule has 0 saturated heterocycles. The third-order valence-electron chi connectivity index (χ3n) is 4.72. The second kappa shape index (κ2) is 8.72. The van der Waals surface area contributed by atoms with Crippen LogP contribution in [-0.2, 0) is 0 Å². The molecule has 0 N–H and O–H groups in total. The predicted octanol–water partition coefficient (Wildman–Crippen LogP) is 4.65. The molecule has 0 aromatic carbocycles. The van der Waals surface area contributed by atoms with Gasteiger partial charge in [0.1, 0.15) is 40.0 Å². The quantitative estimate of drug-likeness (QED) is 0.379. The highest BCUT2D eigenvalue weighted by atomic mass is 19.2. The van der Waals surface area contributed by atoms with Crippen LogP contribution in [0.5, 0.6) is 0 Å². The van der Waals surface area contributed by atoms with Crippen LogP contribution in [0.4, 0.5) is 35.1 Å². The van der Waals surface area contributed by atoms with Gasteiger partial charge in [-0.25, -0.2) is 4.39 Å². The molecule has 0 nitrogen and oxygen atoms in total. The van der Waals surface area contributed by atoms with Crippen LogP contribution < -0.4 is 0 Å². The fourth-order valence-electron chi connectivity index (χ4n) is 2.83. The molecule has 0 fully saturated rings. The fourth-order valence-corrected chi connectivity index (χ4v) is 2.83. The summed E-state index contributed by atoms with van der Waals surface area (Å²) < 4.78 is 107. The number of hydrogen-bond donors (Lipinski definition) is 0. The van der Waals surface area contributed by atoms with Crippen molar-refractivity contribution in [2.24, 2.45) is 16.2 Å². The van der Waals surface area contributed by atoms with Crippen molar-refractivity contribution in [1.29, 1.82) is 0 Å². The van der Waals surface area contributed by atoms with Crippen molar-refractivity contribution in [2.75, 3.05) is 53.4 Å². The minimum absolute atomic E-state index is 0.687. The first-order valence-corrected chi connectivity index (χ1v) is 6.58. The molecule has 0 aliphatic heterocycles. The summed E-state index contributed by atoms with van der Waals surface area (Å²) in [7, 11) is 0. The van der Waals surface area contributed by atoms with Crippen LogP contribution in [0.3, 0.4) is 0 Å². The van der Waals surface area contributed by atoms with Gasteiger partial charge in [0.2, 0.25) is 0 Å². The van der Waals surface area contributed by atoms with E-state index in [1.807, 2.05) is 0 Å². The molecule has 0 atom stereocenters. The zero-order valence-electron chi connectivity index (χ0n) is 12.3. The number of allylic oxidation sites excluding steroid dienone is 2. The summed E-state index contributed by atoms with van der Waals surface area (Å²) in [6.45, 7) is -13.5. The molecule has 0 amide bonds. The normalized spacial score (nSPS) is 14.5. The van der Waals surface area contributed by atoms with Crippen molar-refractivity contribution in [3.63, 3.8) is 0 Å². The molecule has 0 spiro atoms. The molecule has 0 heterocycles. The minimum Gasteiger partial charge on any atom is -0.250 e. The Kier molecular flexibility index (Phi) is 8.39. The van der Waals surface area contributed by atoms with Gasteiger partial charge in [-0.2, -0.15) is 0 Å². The summed E-state index contributed by atoms with van der Waals surface area (Å²) in [5.74, 6) is 0. The van der Waals surface area contributed by atoms with E-state index in [2.05, 4.69) is 0 Å². The Morgan fingerprint density at radius 2 is 1.09 bits per heavy atom. The number of halogens is 8. The molecule has 0 saturated carbocycles. The molecule has 0 radical (unpaired) electrons. The van der Waals surface area contributed by atoms with E-state index < -0.39 is 75.2 Å². The van der Waals surface area contributed by atoms with Crippen LogP contribution in [0, 0.1) is 16.2 Å². The van der Waals surface area contributed by atoms with Crippen molar-refractivity contribution in [3.05, 3.63) is 11.6 Å². The highest BCUT2D eigenvalue weighted by Gasteiger charge is 2.65. The topological polar surface area (TPSA) is 0 Å². The van der Waals surface area contributed by atoms with E-state index in [4.69, 9.17) is 0 Å². The summed E-state index contributed by atoms with van der Waals surface area (Å²) in [6.07, 6.45) is 0.888. The van der Waals surface area contributed by atoms with E-state index in [-0.39, 0.29) is 0 Å². The van der Waals surface area contributed by atoms with Gasteiger partial charge in [0.05, 0.1) is 29.6 Å². The second-order valence-corrected chi connectivity index (χ2v) is 5.33. The third-order valence-corrected chi connectivity index (χ3v) is 4.72. The van der Waals surface area contributed by atoms with Crippen molar-refractivity contribution in [2.45, 2.75) is 6.92 Å². The summed E-state index contributed by atoms with van der Waals surface area (Å²) in [5, 5.41) is 0. The molecule has 8 heteroatoms. The molecule has 22 heavy (non-hydrogen) atoms. The first-order chi connectivity index (χ1) is 10.4. The first-order valence-electron chi connectivity index (χ1n) is 6.58. The fraction of sp³-hybridized carbons (Fsp3) is 0.857. The largest absolute Gasteiger partial charge is 0.250 e. The maximum Gasteiger partial charge on any atom is 0.111 e. The van der Waals surface area contributed by atoms with Gasteiger partial charge in [-0.1, -0.05) is 6.08 Å². The Morgan fingerprint density at radius 3 is 1.27 bits per heavy atom. The Morgan fingerprint density at radius 1 is 0.682 bits per heavy atom. The SMILES string of the molecule is CC=C(CF)C(CF)(CF)C(CF)(CF)C(CF)(CF)CF. The van der Waals surface area contributed by atoms with Gasteiger partial charge in [0.15, 0.2) is 0 Å². The summed E-state index contributed by atoms with van der Waals surface area (Å²) in [6, 6.07) is 0. The van der Waals surface area contributed by atoms with Crippen molar-refractivity contribution < 1.29 is 35.1 Å². The summed E-state index contributed by atoms with van der Waals surface area (Å²) in [5.41, 5.74) is -9.47. The Hall–Kier alpha value is -0.820. The standard InChI is InChI=1S/C14H20F8/c1-2-11(3-15)13(7-19,8-20)14(9-21,10-22)12(4-16,5-17)6-18/h2H,3-10H2,1H3. The summed E-state index contributed by atoms with van der Waals surface area (Å²) in [4.78, 5) is 0. The van der Waals surface area contributed by atoms with Gasteiger partial charge in [0, 0.05) is 0 Å². The van der Waals surface area contributed by atoms with E-state index in [9.17, 15) is 35.1 Å². The van der Waals surface area contributed by atoms with Crippen LogP contribution >= 0.6 is 0 Å². The lowest BCUT2D eigenvalue weighted by atomic mass is 9.51. The highest BCUT2D eigenvalue weighted by molar-refractivity contribution is 5.25. The zero-order valence-corrected chi connectivity index (χ0v) is 12.3. The van der Waals surface area contributed by atoms with Crippen LogP contribution in [-0.4, -0.2) is 53.4 Å². The first kappa shape index (κ1) is 21.2. The molecule has 132 valence electrons. The van der Waals surface area contributed by atoms with Gasteiger partial charge in [-0.05, 0) is 12.5 Å². The third kappa shape index (κ3) is 2.73. The predicted molar refractivity (Wildman–Crippen MR) is 68.9 cm³/mol. The van der Waals surface area contributed by atoms with Crippen LogP contribution in [0.1, 0.15) is 6.92 Å². The number of rotatable bonds is 11. The molecule has 0 aliphatic carbocycles. The molecule has 0 bridgehead atoms. The smallest absolute Gasteiger partial charge is 0.111 e. The molecule has 0 aromatic rings. The van der Waals surface area contributed by atoms with E-state index in [1.54, 1.807) is 0 Å². The lowest BCUT2D eigenvalue weighted by Crippen LogP contribution is -2.63. The molecule has 0 rings (SSSR count). The number of hydrogen-bond acceptors (Lipinski definition) is 0. The summed E-state index contributed by atoms with van der Waals surface area (Å²) >= 11 is 0. The average molecular weight is 340 g/mol. The van der Waals surface area contributed by atoms with Gasteiger partial charge < -0.3 is 0 Å².